The summed E-state index contributed by atoms with van der Waals surface area (Å²) in [6.45, 7) is 0. The molecule has 2 N–H and O–H groups in total. The predicted octanol–water partition coefficient (Wildman–Crippen LogP) is 2.87. The average Bonchev–Trinajstić information content (AvgIpc) is 2.14. The van der Waals surface area contributed by atoms with Crippen molar-refractivity contribution in [2.24, 2.45) is 0 Å². The van der Waals surface area contributed by atoms with E-state index in [1.807, 2.05) is 0 Å². The Morgan fingerprint density at radius 3 is 2.47 bits per heavy atom. The molecule has 17 heavy (non-hydrogen) atoms. The summed E-state index contributed by atoms with van der Waals surface area (Å²) in [5.74, 6) is -1.41. The van der Waals surface area contributed by atoms with E-state index in [9.17, 15) is 23.1 Å². The van der Waals surface area contributed by atoms with E-state index >= 15 is 0 Å². The number of benzene rings is 1. The maximum Gasteiger partial charge on any atom is 0.416 e. The largest absolute Gasteiger partial charge is 0.481 e. The first-order valence-electron chi connectivity index (χ1n) is 4.49. The lowest BCUT2D eigenvalue weighted by atomic mass is 10.00. The Bertz CT molecular complexity index is 431. The number of carbonyl (C=O) groups is 1. The molecule has 0 spiro atoms. The number of rotatable bonds is 3. The third-order valence-electron chi connectivity index (χ3n) is 2.06. The summed E-state index contributed by atoms with van der Waals surface area (Å²) in [6.07, 6.45) is -7.33. The van der Waals surface area contributed by atoms with E-state index in [-0.39, 0.29) is 5.02 Å². The zero-order valence-electron chi connectivity index (χ0n) is 8.33. The molecule has 0 fully saturated rings. The number of aliphatic hydroxyl groups is 1. The summed E-state index contributed by atoms with van der Waals surface area (Å²) in [6, 6.07) is 2.99. The van der Waals surface area contributed by atoms with Gasteiger partial charge in [-0.05, 0) is 12.1 Å². The zero-order valence-corrected chi connectivity index (χ0v) is 9.09. The van der Waals surface area contributed by atoms with E-state index in [0.717, 1.165) is 18.2 Å². The van der Waals surface area contributed by atoms with Crippen molar-refractivity contribution in [1.82, 2.24) is 0 Å². The molecule has 0 bridgehead atoms. The van der Waals surface area contributed by atoms with Crippen LogP contribution in [0.5, 0.6) is 0 Å². The SMILES string of the molecule is O=C(O)C[C@H](O)c1c(Cl)cccc1C(F)(F)F. The summed E-state index contributed by atoms with van der Waals surface area (Å²) >= 11 is 5.56. The molecule has 0 aliphatic carbocycles. The third kappa shape index (κ3) is 3.34. The lowest BCUT2D eigenvalue weighted by molar-refractivity contribution is -0.143. The Morgan fingerprint density at radius 1 is 1.41 bits per heavy atom. The third-order valence-corrected chi connectivity index (χ3v) is 2.39. The first kappa shape index (κ1) is 13.8. The van der Waals surface area contributed by atoms with Crippen LogP contribution in [0.15, 0.2) is 18.2 Å². The Kier molecular flexibility index (Phi) is 4.00. The van der Waals surface area contributed by atoms with Crippen molar-refractivity contribution in [2.45, 2.75) is 18.7 Å². The summed E-state index contributed by atoms with van der Waals surface area (Å²) in [4.78, 5) is 10.4. The van der Waals surface area contributed by atoms with Crippen LogP contribution in [0.3, 0.4) is 0 Å². The molecule has 0 saturated carbocycles. The lowest BCUT2D eigenvalue weighted by Crippen LogP contribution is -2.14. The van der Waals surface area contributed by atoms with Crippen LogP contribution in [0.4, 0.5) is 13.2 Å². The minimum Gasteiger partial charge on any atom is -0.481 e. The number of aliphatic hydroxyl groups excluding tert-OH is 1. The minimum absolute atomic E-state index is 0.312. The van der Waals surface area contributed by atoms with Gasteiger partial charge in [0.1, 0.15) is 0 Å². The van der Waals surface area contributed by atoms with Gasteiger partial charge in [-0.25, -0.2) is 0 Å². The number of carboxylic acids is 1. The molecular weight excluding hydrogens is 261 g/mol. The van der Waals surface area contributed by atoms with Crippen LogP contribution < -0.4 is 0 Å². The molecular formula is C10H8ClF3O3. The van der Waals surface area contributed by atoms with Crippen molar-refractivity contribution in [3.05, 3.63) is 34.3 Å². The topological polar surface area (TPSA) is 57.5 Å². The molecule has 0 aromatic heterocycles. The molecule has 1 atom stereocenters. The maximum atomic E-state index is 12.6. The molecule has 0 unspecified atom stereocenters. The van der Waals surface area contributed by atoms with E-state index in [1.54, 1.807) is 0 Å². The van der Waals surface area contributed by atoms with Gasteiger partial charge in [0.05, 0.1) is 18.1 Å². The number of carboxylic acid groups (broad SMARTS) is 1. The average molecular weight is 269 g/mol. The van der Waals surface area contributed by atoms with Crippen LogP contribution in [-0.2, 0) is 11.0 Å². The second-order valence-electron chi connectivity index (χ2n) is 3.31. The Hall–Kier alpha value is -1.27. The first-order chi connectivity index (χ1) is 7.73. The number of aliphatic carboxylic acids is 1. The highest BCUT2D eigenvalue weighted by atomic mass is 35.5. The molecule has 0 heterocycles. The molecule has 0 aliphatic heterocycles. The predicted molar refractivity (Wildman–Crippen MR) is 53.7 cm³/mol. The van der Waals surface area contributed by atoms with Gasteiger partial charge in [0, 0.05) is 10.6 Å². The highest BCUT2D eigenvalue weighted by Crippen LogP contribution is 2.38. The minimum atomic E-state index is -4.69. The number of halogens is 4. The van der Waals surface area contributed by atoms with Crippen LogP contribution in [0.1, 0.15) is 23.7 Å². The van der Waals surface area contributed by atoms with Crippen molar-refractivity contribution in [2.75, 3.05) is 0 Å². The summed E-state index contributed by atoms with van der Waals surface area (Å²) in [5.41, 5.74) is -1.73. The van der Waals surface area contributed by atoms with E-state index in [4.69, 9.17) is 16.7 Å². The highest BCUT2D eigenvalue weighted by molar-refractivity contribution is 6.31. The van der Waals surface area contributed by atoms with Crippen molar-refractivity contribution in [3.63, 3.8) is 0 Å². The molecule has 94 valence electrons. The van der Waals surface area contributed by atoms with Gasteiger partial charge in [-0.15, -0.1) is 0 Å². The number of hydrogen-bond donors (Lipinski definition) is 2. The fourth-order valence-electron chi connectivity index (χ4n) is 1.39. The summed E-state index contributed by atoms with van der Waals surface area (Å²) < 4.78 is 37.8. The van der Waals surface area contributed by atoms with Gasteiger partial charge in [0.25, 0.3) is 0 Å². The zero-order chi connectivity index (χ0) is 13.2. The van der Waals surface area contributed by atoms with Crippen molar-refractivity contribution in [1.29, 1.82) is 0 Å². The molecule has 0 saturated heterocycles. The molecule has 0 radical (unpaired) electrons. The van der Waals surface area contributed by atoms with Crippen LogP contribution in [-0.4, -0.2) is 16.2 Å². The fourth-order valence-corrected chi connectivity index (χ4v) is 1.69. The molecule has 1 rings (SSSR count). The molecule has 1 aromatic rings. The first-order valence-corrected chi connectivity index (χ1v) is 4.86. The quantitative estimate of drug-likeness (QED) is 0.886. The second kappa shape index (κ2) is 4.93. The number of hydrogen-bond acceptors (Lipinski definition) is 2. The van der Waals surface area contributed by atoms with Gasteiger partial charge in [-0.2, -0.15) is 13.2 Å². The normalized spacial score (nSPS) is 13.5. The Labute approximate surface area is 99.4 Å². The van der Waals surface area contributed by atoms with E-state index < -0.39 is 35.8 Å². The lowest BCUT2D eigenvalue weighted by Gasteiger charge is -2.17. The van der Waals surface area contributed by atoms with Crippen LogP contribution >= 0.6 is 11.6 Å². The smallest absolute Gasteiger partial charge is 0.416 e. The molecule has 3 nitrogen and oxygen atoms in total. The van der Waals surface area contributed by atoms with E-state index in [0.29, 0.717) is 0 Å². The van der Waals surface area contributed by atoms with E-state index in [1.165, 1.54) is 0 Å². The summed E-state index contributed by atoms with van der Waals surface area (Å²) in [7, 11) is 0. The highest BCUT2D eigenvalue weighted by Gasteiger charge is 2.36. The van der Waals surface area contributed by atoms with E-state index in [2.05, 4.69) is 0 Å². The maximum absolute atomic E-state index is 12.6. The van der Waals surface area contributed by atoms with Crippen LogP contribution in [0.2, 0.25) is 5.02 Å². The van der Waals surface area contributed by atoms with Crippen molar-refractivity contribution < 1.29 is 28.2 Å². The van der Waals surface area contributed by atoms with Crippen LogP contribution in [0, 0.1) is 0 Å². The molecule has 7 heteroatoms. The Morgan fingerprint density at radius 2 is 2.00 bits per heavy atom. The molecule has 1 aromatic carbocycles. The second-order valence-corrected chi connectivity index (χ2v) is 3.72. The van der Waals surface area contributed by atoms with Crippen molar-refractivity contribution >= 4 is 17.6 Å². The van der Waals surface area contributed by atoms with Gasteiger partial charge in [-0.3, -0.25) is 4.79 Å². The monoisotopic (exact) mass is 268 g/mol. The fraction of sp³-hybridized carbons (Fsp3) is 0.300. The summed E-state index contributed by atoms with van der Waals surface area (Å²) in [5, 5.41) is 17.6. The Balaban J connectivity index is 3.25. The number of alkyl halides is 3. The standard InChI is InChI=1S/C10H8ClF3O3/c11-6-3-1-2-5(10(12,13)14)9(6)7(15)4-8(16)17/h1-3,7,15H,4H2,(H,16,17)/t7-/m0/s1. The van der Waals surface area contributed by atoms with Gasteiger partial charge in [-0.1, -0.05) is 17.7 Å². The van der Waals surface area contributed by atoms with Crippen molar-refractivity contribution in [3.8, 4) is 0 Å². The van der Waals surface area contributed by atoms with Gasteiger partial charge < -0.3 is 10.2 Å². The molecule has 0 amide bonds. The van der Waals surface area contributed by atoms with Crippen LogP contribution in [0.25, 0.3) is 0 Å². The van der Waals surface area contributed by atoms with Gasteiger partial charge in [0.2, 0.25) is 0 Å². The van der Waals surface area contributed by atoms with Gasteiger partial charge >= 0.3 is 12.1 Å². The molecule has 0 aliphatic rings. The van der Waals surface area contributed by atoms with Gasteiger partial charge in [0.15, 0.2) is 0 Å².